The van der Waals surface area contributed by atoms with Crippen molar-refractivity contribution in [2.45, 2.75) is 17.7 Å². The predicted octanol–water partition coefficient (Wildman–Crippen LogP) is 4.99. The third-order valence-corrected chi connectivity index (χ3v) is 5.02. The maximum Gasteiger partial charge on any atom is 0.271 e. The number of hydrogen-bond acceptors (Lipinski definition) is 4. The molecule has 27 heavy (non-hydrogen) atoms. The smallest absolute Gasteiger partial charge is 0.271 e. The Morgan fingerprint density at radius 2 is 1.81 bits per heavy atom. The number of nitrogens with one attached hydrogen (secondary N) is 2. The first-order chi connectivity index (χ1) is 12.9. The first-order valence-electron chi connectivity index (χ1n) is 7.91. The minimum Gasteiger partial charge on any atom is -0.492 e. The van der Waals surface area contributed by atoms with Crippen molar-refractivity contribution in [2.75, 3.05) is 12.9 Å². The second-order valence-corrected chi connectivity index (χ2v) is 7.51. The number of amides is 2. The van der Waals surface area contributed by atoms with E-state index in [4.69, 9.17) is 39.5 Å². The lowest BCUT2D eigenvalue weighted by atomic mass is 10.2. The zero-order chi connectivity index (χ0) is 19.8. The first-order valence-corrected chi connectivity index (χ1v) is 10.3. The van der Waals surface area contributed by atoms with E-state index in [9.17, 15) is 9.59 Å². The van der Waals surface area contributed by atoms with Crippen molar-refractivity contribution in [1.82, 2.24) is 10.9 Å². The minimum absolute atomic E-state index is 0.171. The van der Waals surface area contributed by atoms with Crippen molar-refractivity contribution in [3.8, 4) is 5.75 Å². The monoisotopic (exact) mass is 446 g/mol. The molecular weight excluding hydrogens is 431 g/mol. The summed E-state index contributed by atoms with van der Waals surface area (Å²) < 4.78 is 5.50. The van der Waals surface area contributed by atoms with Crippen molar-refractivity contribution < 1.29 is 14.3 Å². The average Bonchev–Trinajstić information content (AvgIpc) is 2.65. The molecule has 0 aromatic heterocycles. The van der Waals surface area contributed by atoms with E-state index >= 15 is 0 Å². The van der Waals surface area contributed by atoms with E-state index in [1.165, 1.54) is 11.8 Å². The maximum absolute atomic E-state index is 12.1. The Morgan fingerprint density at radius 3 is 2.52 bits per heavy atom. The van der Waals surface area contributed by atoms with Crippen LogP contribution in [0.25, 0.3) is 0 Å². The largest absolute Gasteiger partial charge is 0.492 e. The number of hydrazine groups is 1. The van der Waals surface area contributed by atoms with Gasteiger partial charge in [0, 0.05) is 16.3 Å². The molecular formula is C18H17Cl3N2O3S. The third kappa shape index (κ3) is 6.81. The summed E-state index contributed by atoms with van der Waals surface area (Å²) in [6, 6.07) is 10.0. The van der Waals surface area contributed by atoms with Crippen LogP contribution in [-0.2, 0) is 4.79 Å². The van der Waals surface area contributed by atoms with Gasteiger partial charge in [-0.1, -0.05) is 34.8 Å². The van der Waals surface area contributed by atoms with Crippen LogP contribution in [0.3, 0.4) is 0 Å². The van der Waals surface area contributed by atoms with E-state index < -0.39 is 5.91 Å². The Balaban J connectivity index is 1.74. The molecule has 9 heteroatoms. The van der Waals surface area contributed by atoms with Crippen molar-refractivity contribution in [1.29, 1.82) is 0 Å². The fourth-order valence-corrected chi connectivity index (χ4v) is 3.18. The molecule has 0 radical (unpaired) electrons. The van der Waals surface area contributed by atoms with Crippen molar-refractivity contribution in [3.63, 3.8) is 0 Å². The molecule has 0 aliphatic carbocycles. The SMILES string of the molecule is CSc1ccc(Cl)c(C(=O)NNC(=O)CCCOc2ccc(Cl)cc2Cl)c1. The van der Waals surface area contributed by atoms with Crippen LogP contribution in [0.1, 0.15) is 23.2 Å². The van der Waals surface area contributed by atoms with Crippen LogP contribution >= 0.6 is 46.6 Å². The second-order valence-electron chi connectivity index (χ2n) is 5.37. The van der Waals surface area contributed by atoms with Gasteiger partial charge in [0.05, 0.1) is 22.2 Å². The molecule has 2 amide bonds. The molecule has 0 unspecified atom stereocenters. The van der Waals surface area contributed by atoms with Gasteiger partial charge < -0.3 is 4.74 Å². The van der Waals surface area contributed by atoms with Crippen LogP contribution in [0.2, 0.25) is 15.1 Å². The van der Waals surface area contributed by atoms with Crippen molar-refractivity contribution >= 4 is 58.4 Å². The number of hydrogen-bond donors (Lipinski definition) is 2. The molecule has 0 heterocycles. The van der Waals surface area contributed by atoms with Crippen LogP contribution < -0.4 is 15.6 Å². The number of rotatable bonds is 7. The topological polar surface area (TPSA) is 67.4 Å². The van der Waals surface area contributed by atoms with Gasteiger partial charge in [0.15, 0.2) is 0 Å². The van der Waals surface area contributed by atoms with Crippen molar-refractivity contribution in [2.24, 2.45) is 0 Å². The summed E-state index contributed by atoms with van der Waals surface area (Å²) in [5.74, 6) is -0.321. The summed E-state index contributed by atoms with van der Waals surface area (Å²) in [5, 5.41) is 1.24. The molecule has 2 N–H and O–H groups in total. The first kappa shape index (κ1) is 21.7. The Labute approximate surface area is 176 Å². The maximum atomic E-state index is 12.1. The molecule has 0 aliphatic heterocycles. The molecule has 5 nitrogen and oxygen atoms in total. The van der Waals surface area contributed by atoms with E-state index in [0.29, 0.717) is 39.4 Å². The fourth-order valence-electron chi connectivity index (χ4n) is 2.07. The summed E-state index contributed by atoms with van der Waals surface area (Å²) in [6.45, 7) is 0.296. The molecule has 0 fully saturated rings. The van der Waals surface area contributed by atoms with Crippen molar-refractivity contribution in [3.05, 3.63) is 57.0 Å². The van der Waals surface area contributed by atoms with E-state index in [-0.39, 0.29) is 12.3 Å². The molecule has 0 atom stereocenters. The standard InChI is InChI=1S/C18H17Cl3N2O3S/c1-27-12-5-6-14(20)13(10-12)18(25)23-22-17(24)3-2-8-26-16-7-4-11(19)9-15(16)21/h4-7,9-10H,2-3,8H2,1H3,(H,22,24)(H,23,25). The molecule has 2 aromatic carbocycles. The number of halogens is 3. The molecule has 0 saturated carbocycles. The molecule has 144 valence electrons. The summed E-state index contributed by atoms with van der Waals surface area (Å²) in [7, 11) is 0. The van der Waals surface area contributed by atoms with E-state index in [2.05, 4.69) is 10.9 Å². The molecule has 0 saturated heterocycles. The molecule has 0 bridgehead atoms. The highest BCUT2D eigenvalue weighted by molar-refractivity contribution is 7.98. The van der Waals surface area contributed by atoms with E-state index in [1.54, 1.807) is 30.3 Å². The van der Waals surface area contributed by atoms with Crippen LogP contribution in [-0.4, -0.2) is 24.7 Å². The number of thioether (sulfide) groups is 1. The molecule has 2 aromatic rings. The van der Waals surface area contributed by atoms with Crippen LogP contribution in [0.5, 0.6) is 5.75 Å². The van der Waals surface area contributed by atoms with Crippen LogP contribution in [0, 0.1) is 0 Å². The van der Waals surface area contributed by atoms with Gasteiger partial charge in [-0.3, -0.25) is 20.4 Å². The van der Waals surface area contributed by atoms with E-state index in [0.717, 1.165) is 4.90 Å². The highest BCUT2D eigenvalue weighted by Crippen LogP contribution is 2.27. The summed E-state index contributed by atoms with van der Waals surface area (Å²) in [6.07, 6.45) is 2.51. The lowest BCUT2D eigenvalue weighted by Crippen LogP contribution is -2.41. The summed E-state index contributed by atoms with van der Waals surface area (Å²) in [4.78, 5) is 24.9. The van der Waals surface area contributed by atoms with Gasteiger partial charge in [0.25, 0.3) is 5.91 Å². The Morgan fingerprint density at radius 1 is 1.04 bits per heavy atom. The lowest BCUT2D eigenvalue weighted by molar-refractivity contribution is -0.122. The third-order valence-electron chi connectivity index (χ3n) is 3.43. The van der Waals surface area contributed by atoms with Gasteiger partial charge in [-0.15, -0.1) is 11.8 Å². The zero-order valence-electron chi connectivity index (χ0n) is 14.4. The Kier molecular flexibility index (Phi) is 8.57. The number of benzene rings is 2. The number of carbonyl (C=O) groups is 2. The minimum atomic E-state index is -0.478. The second kappa shape index (κ2) is 10.7. The van der Waals surface area contributed by atoms with Gasteiger partial charge in [-0.25, -0.2) is 0 Å². The Hall–Kier alpha value is -1.60. The van der Waals surface area contributed by atoms with Crippen LogP contribution in [0.4, 0.5) is 0 Å². The van der Waals surface area contributed by atoms with Gasteiger partial charge in [0.1, 0.15) is 5.75 Å². The van der Waals surface area contributed by atoms with E-state index in [1.807, 2.05) is 12.3 Å². The zero-order valence-corrected chi connectivity index (χ0v) is 17.4. The fraction of sp³-hybridized carbons (Fsp3) is 0.222. The summed E-state index contributed by atoms with van der Waals surface area (Å²) in [5.41, 5.74) is 5.01. The van der Waals surface area contributed by atoms with Gasteiger partial charge in [-0.2, -0.15) is 0 Å². The summed E-state index contributed by atoms with van der Waals surface area (Å²) >= 11 is 19.3. The van der Waals surface area contributed by atoms with Crippen LogP contribution in [0.15, 0.2) is 41.3 Å². The number of carbonyl (C=O) groups excluding carboxylic acids is 2. The number of ether oxygens (including phenoxy) is 1. The lowest BCUT2D eigenvalue weighted by Gasteiger charge is -2.10. The molecule has 2 rings (SSSR count). The predicted molar refractivity (Wildman–Crippen MR) is 110 cm³/mol. The van der Waals surface area contributed by atoms with Gasteiger partial charge >= 0.3 is 0 Å². The average molecular weight is 448 g/mol. The van der Waals surface area contributed by atoms with Gasteiger partial charge in [0.2, 0.25) is 5.91 Å². The molecule has 0 spiro atoms. The highest BCUT2D eigenvalue weighted by Gasteiger charge is 2.12. The quantitative estimate of drug-likeness (QED) is 0.356. The molecule has 0 aliphatic rings. The van der Waals surface area contributed by atoms with Gasteiger partial charge in [-0.05, 0) is 49.1 Å². The normalized spacial score (nSPS) is 10.4. The Bertz CT molecular complexity index is 833. The highest BCUT2D eigenvalue weighted by atomic mass is 35.5.